The first-order valence-electron chi connectivity index (χ1n) is 7.61. The monoisotopic (exact) mass is 385 g/mol. The van der Waals surface area contributed by atoms with Crippen LogP contribution >= 0.6 is 23.2 Å². The molecule has 2 aromatic carbocycles. The van der Waals surface area contributed by atoms with Crippen molar-refractivity contribution in [2.45, 2.75) is 0 Å². The minimum atomic E-state index is -0.398. The number of anilines is 2. The second-order valence-electron chi connectivity index (χ2n) is 5.32. The van der Waals surface area contributed by atoms with Crippen LogP contribution in [0, 0.1) is 0 Å². The molecule has 0 saturated carbocycles. The van der Waals surface area contributed by atoms with E-state index >= 15 is 0 Å². The molecule has 26 heavy (non-hydrogen) atoms. The lowest BCUT2D eigenvalue weighted by molar-refractivity contribution is 0.102. The van der Waals surface area contributed by atoms with E-state index < -0.39 is 5.91 Å². The minimum absolute atomic E-state index is 0.280. The largest absolute Gasteiger partial charge is 0.321 e. The maximum atomic E-state index is 12.5. The van der Waals surface area contributed by atoms with E-state index in [0.717, 1.165) is 0 Å². The first kappa shape index (κ1) is 17.9. The predicted molar refractivity (Wildman–Crippen MR) is 103 cm³/mol. The van der Waals surface area contributed by atoms with Crippen LogP contribution in [-0.4, -0.2) is 16.8 Å². The number of amides is 2. The number of nitrogens with one attached hydrogen (secondary N) is 2. The number of benzene rings is 2. The lowest BCUT2D eigenvalue weighted by Crippen LogP contribution is -2.18. The standard InChI is InChI=1S/C19H13Cl2N3O2/c20-15-8-7-12(10-16(15)21)18(25)24-17-6-2-1-5-14(17)19(26)23-13-4-3-9-22-11-13/h1-11H,(H,23,26)(H,24,25). The molecule has 0 aliphatic rings. The average molecular weight is 386 g/mol. The Morgan fingerprint density at radius 3 is 2.38 bits per heavy atom. The van der Waals surface area contributed by atoms with Gasteiger partial charge in [0.25, 0.3) is 11.8 Å². The number of halogens is 2. The highest BCUT2D eigenvalue weighted by atomic mass is 35.5. The van der Waals surface area contributed by atoms with Crippen LogP contribution in [0.2, 0.25) is 10.0 Å². The molecule has 3 aromatic rings. The molecule has 0 bridgehead atoms. The number of hydrogen-bond acceptors (Lipinski definition) is 3. The van der Waals surface area contributed by atoms with Crippen molar-refractivity contribution >= 4 is 46.4 Å². The second-order valence-corrected chi connectivity index (χ2v) is 6.14. The van der Waals surface area contributed by atoms with Gasteiger partial charge in [-0.25, -0.2) is 0 Å². The minimum Gasteiger partial charge on any atom is -0.321 e. The van der Waals surface area contributed by atoms with Gasteiger partial charge in [0, 0.05) is 11.8 Å². The first-order valence-corrected chi connectivity index (χ1v) is 8.37. The molecule has 0 aliphatic carbocycles. The van der Waals surface area contributed by atoms with E-state index in [-0.39, 0.29) is 10.9 Å². The van der Waals surface area contributed by atoms with Crippen LogP contribution in [0.25, 0.3) is 0 Å². The van der Waals surface area contributed by atoms with Gasteiger partial charge in [0.05, 0.1) is 33.2 Å². The van der Waals surface area contributed by atoms with Crippen molar-refractivity contribution in [2.24, 2.45) is 0 Å². The van der Waals surface area contributed by atoms with Gasteiger partial charge in [-0.3, -0.25) is 14.6 Å². The van der Waals surface area contributed by atoms with Gasteiger partial charge in [0.15, 0.2) is 0 Å². The lowest BCUT2D eigenvalue weighted by atomic mass is 10.1. The zero-order valence-electron chi connectivity index (χ0n) is 13.4. The third kappa shape index (κ3) is 4.20. The number of carbonyl (C=O) groups is 2. The van der Waals surface area contributed by atoms with Crippen LogP contribution in [0.1, 0.15) is 20.7 Å². The first-order chi connectivity index (χ1) is 12.5. The molecular weight excluding hydrogens is 373 g/mol. The normalized spacial score (nSPS) is 10.2. The molecule has 0 spiro atoms. The van der Waals surface area contributed by atoms with Gasteiger partial charge in [0.2, 0.25) is 0 Å². The molecule has 0 aliphatic heterocycles. The van der Waals surface area contributed by atoms with Crippen LogP contribution in [0.3, 0.4) is 0 Å². The van der Waals surface area contributed by atoms with Crippen molar-refractivity contribution in [2.75, 3.05) is 10.6 Å². The molecule has 0 atom stereocenters. The van der Waals surface area contributed by atoms with E-state index in [0.29, 0.717) is 27.5 Å². The molecule has 0 fully saturated rings. The average Bonchev–Trinajstić information content (AvgIpc) is 2.65. The highest BCUT2D eigenvalue weighted by Crippen LogP contribution is 2.24. The zero-order valence-corrected chi connectivity index (χ0v) is 14.9. The molecule has 7 heteroatoms. The summed E-state index contributed by atoms with van der Waals surface area (Å²) in [7, 11) is 0. The number of hydrogen-bond donors (Lipinski definition) is 2. The molecule has 130 valence electrons. The van der Waals surface area contributed by atoms with Crippen LogP contribution in [-0.2, 0) is 0 Å². The summed E-state index contributed by atoms with van der Waals surface area (Å²) in [5.74, 6) is -0.756. The number of nitrogens with zero attached hydrogens (tertiary/aromatic N) is 1. The van der Waals surface area contributed by atoms with E-state index in [4.69, 9.17) is 23.2 Å². The van der Waals surface area contributed by atoms with Gasteiger partial charge in [-0.2, -0.15) is 0 Å². The SMILES string of the molecule is O=C(Nc1ccccc1C(=O)Nc1cccnc1)c1ccc(Cl)c(Cl)c1. The number of para-hydroxylation sites is 1. The smallest absolute Gasteiger partial charge is 0.257 e. The number of rotatable bonds is 4. The Hall–Kier alpha value is -2.89. The fourth-order valence-corrected chi connectivity index (χ4v) is 2.56. The lowest BCUT2D eigenvalue weighted by Gasteiger charge is -2.11. The van der Waals surface area contributed by atoms with Crippen molar-refractivity contribution in [3.8, 4) is 0 Å². The molecular formula is C19H13Cl2N3O2. The number of aromatic nitrogens is 1. The van der Waals surface area contributed by atoms with Crippen LogP contribution in [0.5, 0.6) is 0 Å². The molecule has 3 rings (SSSR count). The molecule has 2 amide bonds. The Morgan fingerprint density at radius 2 is 1.65 bits per heavy atom. The fraction of sp³-hybridized carbons (Fsp3) is 0. The number of carbonyl (C=O) groups excluding carboxylic acids is 2. The maximum absolute atomic E-state index is 12.5. The van der Waals surface area contributed by atoms with Crippen LogP contribution < -0.4 is 10.6 Å². The van der Waals surface area contributed by atoms with Crippen LogP contribution in [0.4, 0.5) is 11.4 Å². The highest BCUT2D eigenvalue weighted by Gasteiger charge is 2.15. The highest BCUT2D eigenvalue weighted by molar-refractivity contribution is 6.42. The molecule has 1 aromatic heterocycles. The van der Waals surface area contributed by atoms with Gasteiger partial charge in [-0.05, 0) is 42.5 Å². The summed E-state index contributed by atoms with van der Waals surface area (Å²) in [6.45, 7) is 0. The van der Waals surface area contributed by atoms with Gasteiger partial charge in [-0.1, -0.05) is 35.3 Å². The van der Waals surface area contributed by atoms with Gasteiger partial charge < -0.3 is 10.6 Å². The summed E-state index contributed by atoms with van der Waals surface area (Å²) in [4.78, 5) is 28.9. The van der Waals surface area contributed by atoms with E-state index in [2.05, 4.69) is 15.6 Å². The van der Waals surface area contributed by atoms with Gasteiger partial charge in [0.1, 0.15) is 0 Å². The molecule has 1 heterocycles. The Morgan fingerprint density at radius 1 is 0.846 bits per heavy atom. The number of pyridine rings is 1. The Balaban J connectivity index is 1.81. The predicted octanol–water partition coefficient (Wildman–Crippen LogP) is 4.89. The molecule has 2 N–H and O–H groups in total. The second kappa shape index (κ2) is 7.99. The van der Waals surface area contributed by atoms with E-state index in [9.17, 15) is 9.59 Å². The zero-order chi connectivity index (χ0) is 18.5. The van der Waals surface area contributed by atoms with E-state index in [1.165, 1.54) is 12.3 Å². The fourth-order valence-electron chi connectivity index (χ4n) is 2.26. The third-order valence-corrected chi connectivity index (χ3v) is 4.26. The van der Waals surface area contributed by atoms with Gasteiger partial charge in [-0.15, -0.1) is 0 Å². The van der Waals surface area contributed by atoms with Gasteiger partial charge >= 0.3 is 0 Å². The quantitative estimate of drug-likeness (QED) is 0.671. The Kier molecular flexibility index (Phi) is 5.51. The topological polar surface area (TPSA) is 71.1 Å². The Bertz CT molecular complexity index is 962. The summed E-state index contributed by atoms with van der Waals surface area (Å²) in [6, 6.07) is 14.7. The maximum Gasteiger partial charge on any atom is 0.257 e. The summed E-state index contributed by atoms with van der Waals surface area (Å²) in [5, 5.41) is 6.10. The van der Waals surface area contributed by atoms with Crippen LogP contribution in [0.15, 0.2) is 67.0 Å². The van der Waals surface area contributed by atoms with Crippen molar-refractivity contribution in [3.63, 3.8) is 0 Å². The van der Waals surface area contributed by atoms with E-state index in [1.807, 2.05) is 0 Å². The summed E-state index contributed by atoms with van der Waals surface area (Å²) >= 11 is 11.8. The summed E-state index contributed by atoms with van der Waals surface area (Å²) < 4.78 is 0. The Labute approximate surface area is 160 Å². The molecule has 0 unspecified atom stereocenters. The molecule has 0 radical (unpaired) electrons. The molecule has 5 nitrogen and oxygen atoms in total. The van der Waals surface area contributed by atoms with Crippen molar-refractivity contribution in [3.05, 3.63) is 88.2 Å². The van der Waals surface area contributed by atoms with E-state index in [1.54, 1.807) is 54.7 Å². The van der Waals surface area contributed by atoms with Crippen molar-refractivity contribution in [1.29, 1.82) is 0 Å². The third-order valence-electron chi connectivity index (χ3n) is 3.52. The summed E-state index contributed by atoms with van der Waals surface area (Å²) in [5.41, 5.74) is 1.60. The van der Waals surface area contributed by atoms with Crippen molar-refractivity contribution < 1.29 is 9.59 Å². The molecule has 0 saturated heterocycles. The van der Waals surface area contributed by atoms with Crippen molar-refractivity contribution in [1.82, 2.24) is 4.98 Å². The summed E-state index contributed by atoms with van der Waals surface area (Å²) in [6.07, 6.45) is 3.15.